The first-order valence-corrected chi connectivity index (χ1v) is 7.50. The Hall–Kier alpha value is -2.36. The summed E-state index contributed by atoms with van der Waals surface area (Å²) in [4.78, 5) is 10.4. The van der Waals surface area contributed by atoms with E-state index in [1.165, 1.54) is 33.7 Å². The van der Waals surface area contributed by atoms with Crippen LogP contribution in [0.3, 0.4) is 0 Å². The zero-order chi connectivity index (χ0) is 16.0. The monoisotopic (exact) mass is 296 g/mol. The third-order valence-corrected chi connectivity index (χ3v) is 4.84. The Kier molecular flexibility index (Phi) is 3.39. The molecular weight excluding hydrogens is 276 g/mol. The lowest BCUT2D eigenvalue weighted by molar-refractivity contribution is -0.384. The van der Waals surface area contributed by atoms with E-state index in [2.05, 4.69) is 32.3 Å². The van der Waals surface area contributed by atoms with Crippen molar-refractivity contribution in [2.75, 3.05) is 0 Å². The molecule has 0 saturated heterocycles. The highest BCUT2D eigenvalue weighted by Crippen LogP contribution is 2.34. The van der Waals surface area contributed by atoms with Crippen LogP contribution in [0.15, 0.2) is 35.4 Å². The number of non-ortho nitro benzene ring substituents is 1. The standard InChI is InChI=1S/C18H20N2O2/c1-11-9-17-13(3)19(14(4)18(17)10-12(11)2)15-5-7-16(8-6-15)20(21)22/h5-8H,9-10H2,1-4H3. The number of aromatic nitrogens is 1. The lowest BCUT2D eigenvalue weighted by atomic mass is 9.88. The van der Waals surface area contributed by atoms with Crippen molar-refractivity contribution in [1.29, 1.82) is 0 Å². The molecule has 2 aromatic rings. The van der Waals surface area contributed by atoms with Crippen molar-refractivity contribution in [2.24, 2.45) is 0 Å². The van der Waals surface area contributed by atoms with Crippen LogP contribution in [0.2, 0.25) is 0 Å². The SMILES string of the molecule is CC1=C(C)Cc2c(c(C)n(-c3ccc([N+](=O)[O-])cc3)c2C)C1. The van der Waals surface area contributed by atoms with Crippen molar-refractivity contribution in [3.8, 4) is 5.69 Å². The maximum atomic E-state index is 10.8. The second kappa shape index (κ2) is 5.13. The van der Waals surface area contributed by atoms with Gasteiger partial charge in [-0.2, -0.15) is 0 Å². The smallest absolute Gasteiger partial charge is 0.269 e. The van der Waals surface area contributed by atoms with Crippen LogP contribution in [-0.2, 0) is 12.8 Å². The second-order valence-corrected chi connectivity index (χ2v) is 6.15. The summed E-state index contributed by atoms with van der Waals surface area (Å²) in [5.74, 6) is 0. The molecule has 0 unspecified atom stereocenters. The summed E-state index contributed by atoms with van der Waals surface area (Å²) in [7, 11) is 0. The van der Waals surface area contributed by atoms with Gasteiger partial charge in [0.05, 0.1) is 4.92 Å². The first kappa shape index (κ1) is 14.6. The number of nitro benzene ring substituents is 1. The van der Waals surface area contributed by atoms with Gasteiger partial charge in [0.1, 0.15) is 0 Å². The number of benzene rings is 1. The maximum Gasteiger partial charge on any atom is 0.269 e. The van der Waals surface area contributed by atoms with E-state index in [-0.39, 0.29) is 10.6 Å². The summed E-state index contributed by atoms with van der Waals surface area (Å²) in [6.07, 6.45) is 2.02. The third-order valence-electron chi connectivity index (χ3n) is 4.84. The van der Waals surface area contributed by atoms with Gasteiger partial charge in [0.15, 0.2) is 0 Å². The molecule has 1 aromatic carbocycles. The molecule has 0 spiro atoms. The largest absolute Gasteiger partial charge is 0.318 e. The van der Waals surface area contributed by atoms with E-state index in [9.17, 15) is 10.1 Å². The van der Waals surface area contributed by atoms with Crippen LogP contribution >= 0.6 is 0 Å². The van der Waals surface area contributed by atoms with Crippen molar-refractivity contribution in [3.63, 3.8) is 0 Å². The Morgan fingerprint density at radius 1 is 0.909 bits per heavy atom. The molecule has 1 aromatic heterocycles. The quantitative estimate of drug-likeness (QED) is 0.467. The predicted octanol–water partition coefficient (Wildman–Crippen LogP) is 4.44. The van der Waals surface area contributed by atoms with Gasteiger partial charge in [-0.15, -0.1) is 0 Å². The first-order valence-electron chi connectivity index (χ1n) is 7.50. The molecule has 0 amide bonds. The van der Waals surface area contributed by atoms with Crippen molar-refractivity contribution in [2.45, 2.75) is 40.5 Å². The molecule has 4 nitrogen and oxygen atoms in total. The van der Waals surface area contributed by atoms with Crippen molar-refractivity contribution in [3.05, 3.63) is 68.0 Å². The van der Waals surface area contributed by atoms with Gasteiger partial charge in [-0.3, -0.25) is 10.1 Å². The number of rotatable bonds is 2. The Morgan fingerprint density at radius 3 is 1.77 bits per heavy atom. The number of allylic oxidation sites excluding steroid dienone is 2. The topological polar surface area (TPSA) is 48.1 Å². The normalized spacial score (nSPS) is 14.2. The van der Waals surface area contributed by atoms with Gasteiger partial charge in [0.2, 0.25) is 0 Å². The lowest BCUT2D eigenvalue weighted by Gasteiger charge is -2.16. The van der Waals surface area contributed by atoms with Crippen LogP contribution < -0.4 is 0 Å². The Labute approximate surface area is 130 Å². The average molecular weight is 296 g/mol. The van der Waals surface area contributed by atoms with Crippen LogP contribution in [0, 0.1) is 24.0 Å². The Morgan fingerprint density at radius 2 is 1.36 bits per heavy atom. The fraction of sp³-hybridized carbons (Fsp3) is 0.333. The molecule has 0 aliphatic heterocycles. The fourth-order valence-electron chi connectivity index (χ4n) is 3.37. The summed E-state index contributed by atoms with van der Waals surface area (Å²) >= 11 is 0. The van der Waals surface area contributed by atoms with Gasteiger partial charge in [-0.05, 0) is 63.8 Å². The van der Waals surface area contributed by atoms with Gasteiger partial charge in [0.25, 0.3) is 5.69 Å². The van der Waals surface area contributed by atoms with Gasteiger partial charge in [-0.1, -0.05) is 11.1 Å². The average Bonchev–Trinajstić information content (AvgIpc) is 2.72. The molecule has 0 bridgehead atoms. The van der Waals surface area contributed by atoms with Gasteiger partial charge in [0, 0.05) is 29.2 Å². The van der Waals surface area contributed by atoms with E-state index < -0.39 is 0 Å². The first-order chi connectivity index (χ1) is 10.4. The molecule has 22 heavy (non-hydrogen) atoms. The van der Waals surface area contributed by atoms with Crippen molar-refractivity contribution < 1.29 is 4.92 Å². The molecule has 0 radical (unpaired) electrons. The highest BCUT2D eigenvalue weighted by atomic mass is 16.6. The number of hydrogen-bond donors (Lipinski definition) is 0. The third kappa shape index (κ3) is 2.15. The Bertz CT molecular complexity index is 758. The minimum atomic E-state index is -0.360. The van der Waals surface area contributed by atoms with E-state index >= 15 is 0 Å². The molecule has 1 heterocycles. The maximum absolute atomic E-state index is 10.8. The molecule has 4 heteroatoms. The highest BCUT2D eigenvalue weighted by Gasteiger charge is 2.23. The van der Waals surface area contributed by atoms with E-state index in [0.29, 0.717) is 0 Å². The minimum Gasteiger partial charge on any atom is -0.318 e. The van der Waals surface area contributed by atoms with Gasteiger partial charge < -0.3 is 4.57 Å². The zero-order valence-corrected chi connectivity index (χ0v) is 13.4. The van der Waals surface area contributed by atoms with E-state index in [0.717, 1.165) is 18.5 Å². The van der Waals surface area contributed by atoms with Crippen LogP contribution in [-0.4, -0.2) is 9.49 Å². The highest BCUT2D eigenvalue weighted by molar-refractivity contribution is 5.52. The fourth-order valence-corrected chi connectivity index (χ4v) is 3.37. The van der Waals surface area contributed by atoms with Crippen molar-refractivity contribution in [1.82, 2.24) is 4.57 Å². The summed E-state index contributed by atoms with van der Waals surface area (Å²) in [6, 6.07) is 6.80. The van der Waals surface area contributed by atoms with Crippen LogP contribution in [0.4, 0.5) is 5.69 Å². The van der Waals surface area contributed by atoms with Crippen LogP contribution in [0.25, 0.3) is 5.69 Å². The minimum absolute atomic E-state index is 0.129. The van der Waals surface area contributed by atoms with E-state index in [4.69, 9.17) is 0 Å². The van der Waals surface area contributed by atoms with Crippen LogP contribution in [0.5, 0.6) is 0 Å². The van der Waals surface area contributed by atoms with E-state index in [1.807, 2.05) is 12.1 Å². The molecule has 1 aliphatic rings. The molecule has 0 fully saturated rings. The molecule has 0 atom stereocenters. The second-order valence-electron chi connectivity index (χ2n) is 6.15. The predicted molar refractivity (Wildman–Crippen MR) is 87.7 cm³/mol. The van der Waals surface area contributed by atoms with Crippen molar-refractivity contribution >= 4 is 5.69 Å². The number of nitro groups is 1. The summed E-state index contributed by atoms with van der Waals surface area (Å²) < 4.78 is 2.22. The van der Waals surface area contributed by atoms with Gasteiger partial charge >= 0.3 is 0 Å². The molecule has 0 N–H and O–H groups in total. The lowest BCUT2D eigenvalue weighted by Crippen LogP contribution is -2.04. The number of hydrogen-bond acceptors (Lipinski definition) is 2. The molecular formula is C18H20N2O2. The molecule has 3 rings (SSSR count). The summed E-state index contributed by atoms with van der Waals surface area (Å²) in [6.45, 7) is 8.69. The number of nitrogens with zero attached hydrogens (tertiary/aromatic N) is 2. The summed E-state index contributed by atoms with van der Waals surface area (Å²) in [5, 5.41) is 10.8. The molecule has 1 aliphatic carbocycles. The van der Waals surface area contributed by atoms with Crippen LogP contribution in [0.1, 0.15) is 36.4 Å². The summed E-state index contributed by atoms with van der Waals surface area (Å²) in [5.41, 5.74) is 9.35. The van der Waals surface area contributed by atoms with Gasteiger partial charge in [-0.25, -0.2) is 0 Å². The molecule has 114 valence electrons. The Balaban J connectivity index is 2.10. The zero-order valence-electron chi connectivity index (χ0n) is 13.4. The molecule has 0 saturated carbocycles. The van der Waals surface area contributed by atoms with E-state index in [1.54, 1.807) is 12.1 Å². The number of fused-ring (bicyclic) bond motifs is 1.